The largest absolute Gasteiger partial charge is 0.316 e. The molecule has 1 fully saturated rings. The minimum atomic E-state index is -3.33. The van der Waals surface area contributed by atoms with Gasteiger partial charge in [0.15, 0.2) is 0 Å². The molecule has 1 rings (SSSR count). The second-order valence-electron chi connectivity index (χ2n) is 5.94. The quantitative estimate of drug-likeness (QED) is 0.521. The molecule has 0 unspecified atom stereocenters. The van der Waals surface area contributed by atoms with Crippen molar-refractivity contribution < 1.29 is 8.42 Å². The van der Waals surface area contributed by atoms with Gasteiger partial charge in [0.25, 0.3) is 10.2 Å². The molecule has 0 aliphatic carbocycles. The summed E-state index contributed by atoms with van der Waals surface area (Å²) in [6.45, 7) is 13.9. The molecular weight excluding hydrogens is 286 g/mol. The van der Waals surface area contributed by atoms with Crippen LogP contribution < -0.4 is 5.32 Å². The Morgan fingerprint density at radius 2 is 1.95 bits per heavy atom. The highest BCUT2D eigenvalue weighted by molar-refractivity contribution is 7.86. The molecule has 0 bridgehead atoms. The molecule has 124 valence electrons. The lowest BCUT2D eigenvalue weighted by Gasteiger charge is -2.34. The Bertz CT molecular complexity index is 415. The topological polar surface area (TPSA) is 52.7 Å². The van der Waals surface area contributed by atoms with Crippen molar-refractivity contribution in [3.8, 4) is 0 Å². The number of nitrogens with zero attached hydrogens (tertiary/aromatic N) is 2. The molecule has 0 saturated carbocycles. The Labute approximate surface area is 130 Å². The molecule has 1 heterocycles. The standard InChI is InChI=1S/C15H31N3O2S/c1-5-9-16-12-15-7-10-18(11-8-15)21(19,20)17(6-2)13-14(3)4/h15-16H,3,5-13H2,1-2,4H3. The third-order valence-corrected chi connectivity index (χ3v) is 5.94. The Kier molecular flexibility index (Phi) is 7.87. The summed E-state index contributed by atoms with van der Waals surface area (Å²) in [6.07, 6.45) is 3.03. The fourth-order valence-electron chi connectivity index (χ4n) is 2.65. The van der Waals surface area contributed by atoms with E-state index in [9.17, 15) is 8.42 Å². The van der Waals surface area contributed by atoms with E-state index in [1.54, 1.807) is 4.31 Å². The lowest BCUT2D eigenvalue weighted by molar-refractivity contribution is 0.252. The van der Waals surface area contributed by atoms with Gasteiger partial charge in [0.1, 0.15) is 0 Å². The number of hydrogen-bond donors (Lipinski definition) is 1. The molecule has 0 amide bonds. The third kappa shape index (κ3) is 5.70. The zero-order chi connectivity index (χ0) is 15.9. The Morgan fingerprint density at radius 3 is 2.43 bits per heavy atom. The normalized spacial score (nSPS) is 18.3. The monoisotopic (exact) mass is 317 g/mol. The van der Waals surface area contributed by atoms with Gasteiger partial charge in [-0.2, -0.15) is 17.0 Å². The highest BCUT2D eigenvalue weighted by Gasteiger charge is 2.31. The van der Waals surface area contributed by atoms with Crippen molar-refractivity contribution in [2.75, 3.05) is 39.3 Å². The predicted octanol–water partition coefficient (Wildman–Crippen LogP) is 1.84. The SMILES string of the molecule is C=C(C)CN(CC)S(=O)(=O)N1CCC(CNCCC)CC1. The van der Waals surface area contributed by atoms with E-state index in [0.717, 1.165) is 37.9 Å². The minimum absolute atomic E-state index is 0.414. The van der Waals surface area contributed by atoms with Crippen LogP contribution in [-0.4, -0.2) is 56.3 Å². The Hall–Kier alpha value is -0.430. The molecule has 5 nitrogen and oxygen atoms in total. The van der Waals surface area contributed by atoms with Crippen LogP contribution in [0.1, 0.15) is 40.0 Å². The summed E-state index contributed by atoms with van der Waals surface area (Å²) in [4.78, 5) is 0. The molecule has 0 radical (unpaired) electrons. The zero-order valence-corrected chi connectivity index (χ0v) is 14.6. The first kappa shape index (κ1) is 18.6. The molecule has 6 heteroatoms. The van der Waals surface area contributed by atoms with Gasteiger partial charge in [0.05, 0.1) is 0 Å². The van der Waals surface area contributed by atoms with Crippen LogP contribution >= 0.6 is 0 Å². The molecule has 1 aliphatic heterocycles. The van der Waals surface area contributed by atoms with Crippen molar-refractivity contribution in [2.24, 2.45) is 5.92 Å². The van der Waals surface area contributed by atoms with Crippen molar-refractivity contribution >= 4 is 10.2 Å². The van der Waals surface area contributed by atoms with E-state index in [2.05, 4.69) is 18.8 Å². The van der Waals surface area contributed by atoms with Gasteiger partial charge >= 0.3 is 0 Å². The molecule has 0 spiro atoms. The Morgan fingerprint density at radius 1 is 1.33 bits per heavy atom. The van der Waals surface area contributed by atoms with Crippen LogP contribution in [0.4, 0.5) is 0 Å². The molecule has 0 atom stereocenters. The van der Waals surface area contributed by atoms with Gasteiger partial charge in [0.2, 0.25) is 0 Å². The maximum absolute atomic E-state index is 12.6. The molecule has 1 N–H and O–H groups in total. The number of hydrogen-bond acceptors (Lipinski definition) is 3. The lowest BCUT2D eigenvalue weighted by Crippen LogP contribution is -2.48. The van der Waals surface area contributed by atoms with Crippen molar-refractivity contribution in [3.05, 3.63) is 12.2 Å². The van der Waals surface area contributed by atoms with Crippen LogP contribution in [0, 0.1) is 5.92 Å². The summed E-state index contributed by atoms with van der Waals surface area (Å²) in [5.74, 6) is 0.596. The van der Waals surface area contributed by atoms with Crippen molar-refractivity contribution in [2.45, 2.75) is 40.0 Å². The van der Waals surface area contributed by atoms with Gasteiger partial charge in [-0.05, 0) is 45.2 Å². The molecule has 21 heavy (non-hydrogen) atoms. The van der Waals surface area contributed by atoms with Gasteiger partial charge < -0.3 is 5.32 Å². The number of nitrogens with one attached hydrogen (secondary N) is 1. The van der Waals surface area contributed by atoms with Crippen LogP contribution in [0.25, 0.3) is 0 Å². The maximum Gasteiger partial charge on any atom is 0.282 e. The fraction of sp³-hybridized carbons (Fsp3) is 0.867. The van der Waals surface area contributed by atoms with Crippen LogP contribution in [-0.2, 0) is 10.2 Å². The van der Waals surface area contributed by atoms with Gasteiger partial charge in [-0.3, -0.25) is 0 Å². The van der Waals surface area contributed by atoms with Crippen LogP contribution in [0.3, 0.4) is 0 Å². The average Bonchev–Trinajstić information content (AvgIpc) is 2.45. The average molecular weight is 317 g/mol. The summed E-state index contributed by atoms with van der Waals surface area (Å²) in [6, 6.07) is 0. The highest BCUT2D eigenvalue weighted by Crippen LogP contribution is 2.21. The van der Waals surface area contributed by atoms with Crippen molar-refractivity contribution in [3.63, 3.8) is 0 Å². The Balaban J connectivity index is 2.53. The minimum Gasteiger partial charge on any atom is -0.316 e. The van der Waals surface area contributed by atoms with Crippen molar-refractivity contribution in [1.29, 1.82) is 0 Å². The summed E-state index contributed by atoms with van der Waals surface area (Å²) in [7, 11) is -3.33. The lowest BCUT2D eigenvalue weighted by atomic mass is 9.98. The van der Waals surface area contributed by atoms with E-state index in [1.165, 1.54) is 4.31 Å². The third-order valence-electron chi connectivity index (χ3n) is 3.88. The fourth-order valence-corrected chi connectivity index (χ4v) is 4.36. The molecule has 0 aromatic rings. The van der Waals surface area contributed by atoms with Crippen molar-refractivity contribution in [1.82, 2.24) is 13.9 Å². The number of likely N-dealkylation sites (N-methyl/N-ethyl adjacent to an activating group) is 1. The number of piperidine rings is 1. The molecule has 0 aromatic heterocycles. The smallest absolute Gasteiger partial charge is 0.282 e. The van der Waals surface area contributed by atoms with Crippen LogP contribution in [0.15, 0.2) is 12.2 Å². The van der Waals surface area contributed by atoms with Gasteiger partial charge in [-0.15, -0.1) is 0 Å². The molecule has 0 aromatic carbocycles. The molecule has 1 aliphatic rings. The van der Waals surface area contributed by atoms with E-state index in [4.69, 9.17) is 0 Å². The molecular formula is C15H31N3O2S. The van der Waals surface area contributed by atoms with Gasteiger partial charge in [-0.25, -0.2) is 0 Å². The summed E-state index contributed by atoms with van der Waals surface area (Å²) in [5.41, 5.74) is 0.874. The second kappa shape index (κ2) is 8.88. The van der Waals surface area contributed by atoms with E-state index in [-0.39, 0.29) is 0 Å². The van der Waals surface area contributed by atoms with Gasteiger partial charge in [-0.1, -0.05) is 26.0 Å². The number of rotatable bonds is 9. The predicted molar refractivity (Wildman–Crippen MR) is 88.4 cm³/mol. The zero-order valence-electron chi connectivity index (χ0n) is 13.8. The van der Waals surface area contributed by atoms with E-state index >= 15 is 0 Å². The maximum atomic E-state index is 12.6. The second-order valence-corrected chi connectivity index (χ2v) is 7.87. The van der Waals surface area contributed by atoms with Crippen LogP contribution in [0.5, 0.6) is 0 Å². The van der Waals surface area contributed by atoms with Crippen LogP contribution in [0.2, 0.25) is 0 Å². The van der Waals surface area contributed by atoms with E-state index in [0.29, 0.717) is 32.1 Å². The summed E-state index contributed by atoms with van der Waals surface area (Å²) in [5, 5.41) is 3.43. The highest BCUT2D eigenvalue weighted by atomic mass is 32.2. The summed E-state index contributed by atoms with van der Waals surface area (Å²) < 4.78 is 28.4. The first-order valence-corrected chi connectivity index (χ1v) is 9.41. The first-order valence-electron chi connectivity index (χ1n) is 8.02. The first-order chi connectivity index (χ1) is 9.91. The molecule has 1 saturated heterocycles. The van der Waals surface area contributed by atoms with E-state index in [1.807, 2.05) is 13.8 Å². The van der Waals surface area contributed by atoms with E-state index < -0.39 is 10.2 Å². The van der Waals surface area contributed by atoms with Gasteiger partial charge in [0, 0.05) is 26.2 Å². The summed E-state index contributed by atoms with van der Waals surface area (Å²) >= 11 is 0.